The molecule has 100 valence electrons. The maximum absolute atomic E-state index is 5.97. The molecule has 1 fully saturated rings. The zero-order valence-electron chi connectivity index (χ0n) is 10.6. The van der Waals surface area contributed by atoms with E-state index in [1.807, 2.05) is 0 Å². The van der Waals surface area contributed by atoms with Crippen LogP contribution in [0.25, 0.3) is 0 Å². The van der Waals surface area contributed by atoms with Crippen molar-refractivity contribution in [2.45, 2.75) is 32.2 Å². The molecule has 0 bridgehead atoms. The van der Waals surface area contributed by atoms with Crippen LogP contribution in [0.15, 0.2) is 0 Å². The quantitative estimate of drug-likeness (QED) is 0.850. The largest absolute Gasteiger partial charge is 0.381 e. The van der Waals surface area contributed by atoms with E-state index in [1.54, 1.807) is 0 Å². The van der Waals surface area contributed by atoms with Crippen LogP contribution in [0.5, 0.6) is 0 Å². The summed E-state index contributed by atoms with van der Waals surface area (Å²) in [5, 5.41) is 0. The van der Waals surface area contributed by atoms with E-state index in [2.05, 4.69) is 25.8 Å². The number of hydrogen-bond acceptors (Lipinski definition) is 3. The Morgan fingerprint density at radius 1 is 1.38 bits per heavy atom. The lowest BCUT2D eigenvalue weighted by atomic mass is 10.0. The van der Waals surface area contributed by atoms with Crippen molar-refractivity contribution in [3.63, 3.8) is 0 Å². The highest BCUT2D eigenvalue weighted by Crippen LogP contribution is 2.15. The van der Waals surface area contributed by atoms with Gasteiger partial charge in [-0.05, 0) is 39.7 Å². The van der Waals surface area contributed by atoms with E-state index >= 15 is 0 Å². The van der Waals surface area contributed by atoms with Crippen LogP contribution in [0.1, 0.15) is 26.7 Å². The van der Waals surface area contributed by atoms with Gasteiger partial charge in [0.2, 0.25) is 0 Å². The van der Waals surface area contributed by atoms with Gasteiger partial charge in [0.15, 0.2) is 0 Å². The second-order valence-electron chi connectivity index (χ2n) is 5.27. The molecule has 2 N–H and O–H groups in total. The van der Waals surface area contributed by atoms with Gasteiger partial charge in [-0.2, -0.15) is 0 Å². The highest BCUT2D eigenvalue weighted by molar-refractivity contribution is 5.85. The summed E-state index contributed by atoms with van der Waals surface area (Å²) in [4.78, 5) is 2.32. The summed E-state index contributed by atoms with van der Waals surface area (Å²) in [5.41, 5.74) is 5.88. The number of halogens is 2. The van der Waals surface area contributed by atoms with Crippen molar-refractivity contribution in [2.75, 3.05) is 33.4 Å². The van der Waals surface area contributed by atoms with E-state index in [4.69, 9.17) is 10.5 Å². The normalized spacial score (nSPS) is 21.2. The molecular formula is C11H26Cl2N2O. The standard InChI is InChI=1S/C11H24N2O.2ClH/c1-11(2,12)9-13(3)7-10-5-4-6-14-8-10;;/h10H,4-9,12H2,1-3H3;2*1H. The van der Waals surface area contributed by atoms with Crippen LogP contribution < -0.4 is 5.73 Å². The third kappa shape index (κ3) is 8.59. The van der Waals surface area contributed by atoms with Crippen molar-refractivity contribution >= 4 is 24.8 Å². The maximum atomic E-state index is 5.97. The Morgan fingerprint density at radius 2 is 2.00 bits per heavy atom. The van der Waals surface area contributed by atoms with Crippen LogP contribution in [0.3, 0.4) is 0 Å². The molecule has 1 unspecified atom stereocenters. The minimum absolute atomic E-state index is 0. The Bertz CT molecular complexity index is 168. The smallest absolute Gasteiger partial charge is 0.0506 e. The zero-order valence-corrected chi connectivity index (χ0v) is 12.2. The van der Waals surface area contributed by atoms with Crippen LogP contribution in [-0.4, -0.2) is 43.8 Å². The molecule has 0 aromatic carbocycles. The van der Waals surface area contributed by atoms with E-state index in [-0.39, 0.29) is 30.4 Å². The Hall–Kier alpha value is 0.460. The minimum atomic E-state index is -0.0930. The summed E-state index contributed by atoms with van der Waals surface area (Å²) in [6, 6.07) is 0. The Kier molecular flexibility index (Phi) is 10.0. The molecule has 0 saturated carbocycles. The van der Waals surface area contributed by atoms with Crippen LogP contribution >= 0.6 is 24.8 Å². The van der Waals surface area contributed by atoms with E-state index in [9.17, 15) is 0 Å². The summed E-state index contributed by atoms with van der Waals surface area (Å²) in [7, 11) is 2.14. The molecule has 0 radical (unpaired) electrons. The van der Waals surface area contributed by atoms with Gasteiger partial charge in [-0.3, -0.25) is 0 Å². The van der Waals surface area contributed by atoms with Gasteiger partial charge < -0.3 is 15.4 Å². The lowest BCUT2D eigenvalue weighted by Crippen LogP contribution is -2.45. The first-order valence-corrected chi connectivity index (χ1v) is 5.52. The summed E-state index contributed by atoms with van der Waals surface area (Å²) in [6.07, 6.45) is 2.51. The number of likely N-dealkylation sites (N-methyl/N-ethyl adjacent to an activating group) is 1. The Labute approximate surface area is 112 Å². The van der Waals surface area contributed by atoms with Gasteiger partial charge in [-0.1, -0.05) is 0 Å². The number of hydrogen-bond donors (Lipinski definition) is 1. The summed E-state index contributed by atoms with van der Waals surface area (Å²) in [5.74, 6) is 0.705. The molecule has 0 aromatic heterocycles. The van der Waals surface area contributed by atoms with Crippen molar-refractivity contribution in [2.24, 2.45) is 11.7 Å². The number of ether oxygens (including phenoxy) is 1. The topological polar surface area (TPSA) is 38.5 Å². The summed E-state index contributed by atoms with van der Waals surface area (Å²) in [6.45, 7) is 8.07. The van der Waals surface area contributed by atoms with Gasteiger partial charge in [0, 0.05) is 25.2 Å². The average molecular weight is 273 g/mol. The van der Waals surface area contributed by atoms with E-state index in [1.165, 1.54) is 12.8 Å². The third-order valence-corrected chi connectivity index (χ3v) is 2.50. The maximum Gasteiger partial charge on any atom is 0.0506 e. The van der Waals surface area contributed by atoms with Gasteiger partial charge in [0.05, 0.1) is 6.61 Å². The average Bonchev–Trinajstić information content (AvgIpc) is 2.02. The first kappa shape index (κ1) is 18.8. The zero-order chi connectivity index (χ0) is 10.6. The van der Waals surface area contributed by atoms with Crippen molar-refractivity contribution in [1.82, 2.24) is 4.90 Å². The van der Waals surface area contributed by atoms with Crippen LogP contribution in [0.2, 0.25) is 0 Å². The van der Waals surface area contributed by atoms with Gasteiger partial charge >= 0.3 is 0 Å². The lowest BCUT2D eigenvalue weighted by molar-refractivity contribution is 0.0400. The fourth-order valence-electron chi connectivity index (χ4n) is 2.15. The minimum Gasteiger partial charge on any atom is -0.381 e. The molecule has 1 rings (SSSR count). The van der Waals surface area contributed by atoms with Crippen LogP contribution in [0, 0.1) is 5.92 Å². The Morgan fingerprint density at radius 3 is 2.44 bits per heavy atom. The molecular weight excluding hydrogens is 247 g/mol. The second kappa shape index (κ2) is 8.54. The molecule has 1 heterocycles. The van der Waals surface area contributed by atoms with Crippen LogP contribution in [-0.2, 0) is 4.74 Å². The first-order valence-electron chi connectivity index (χ1n) is 5.52. The third-order valence-electron chi connectivity index (χ3n) is 2.50. The molecule has 0 spiro atoms. The fourth-order valence-corrected chi connectivity index (χ4v) is 2.15. The highest BCUT2D eigenvalue weighted by Gasteiger charge is 2.19. The highest BCUT2D eigenvalue weighted by atomic mass is 35.5. The lowest BCUT2D eigenvalue weighted by Gasteiger charge is -2.31. The van der Waals surface area contributed by atoms with Gasteiger partial charge in [-0.15, -0.1) is 24.8 Å². The molecule has 0 aliphatic carbocycles. The van der Waals surface area contributed by atoms with Gasteiger partial charge in [0.1, 0.15) is 0 Å². The molecule has 1 saturated heterocycles. The van der Waals surface area contributed by atoms with Crippen molar-refractivity contribution in [3.05, 3.63) is 0 Å². The molecule has 1 aliphatic heterocycles. The summed E-state index contributed by atoms with van der Waals surface area (Å²) < 4.78 is 5.46. The van der Waals surface area contributed by atoms with Crippen LogP contribution in [0.4, 0.5) is 0 Å². The van der Waals surface area contributed by atoms with E-state index in [0.717, 1.165) is 26.3 Å². The number of nitrogens with zero attached hydrogens (tertiary/aromatic N) is 1. The fraction of sp³-hybridized carbons (Fsp3) is 1.00. The molecule has 5 heteroatoms. The molecule has 0 amide bonds. The SMILES string of the molecule is CN(CC1CCCOC1)CC(C)(C)N.Cl.Cl. The van der Waals surface area contributed by atoms with Gasteiger partial charge in [0.25, 0.3) is 0 Å². The van der Waals surface area contributed by atoms with Gasteiger partial charge in [-0.25, -0.2) is 0 Å². The predicted octanol–water partition coefficient (Wildman–Crippen LogP) is 1.93. The Balaban J connectivity index is 0. The number of nitrogens with two attached hydrogens (primary N) is 1. The number of rotatable bonds is 4. The molecule has 1 atom stereocenters. The summed E-state index contributed by atoms with van der Waals surface area (Å²) >= 11 is 0. The molecule has 16 heavy (non-hydrogen) atoms. The monoisotopic (exact) mass is 272 g/mol. The van der Waals surface area contributed by atoms with Crippen molar-refractivity contribution in [3.8, 4) is 0 Å². The molecule has 3 nitrogen and oxygen atoms in total. The van der Waals surface area contributed by atoms with E-state index < -0.39 is 0 Å². The predicted molar refractivity (Wildman–Crippen MR) is 73.8 cm³/mol. The molecule has 1 aliphatic rings. The molecule has 0 aromatic rings. The van der Waals surface area contributed by atoms with Crippen molar-refractivity contribution in [1.29, 1.82) is 0 Å². The first-order chi connectivity index (χ1) is 6.47. The van der Waals surface area contributed by atoms with E-state index in [0.29, 0.717) is 5.92 Å². The van der Waals surface area contributed by atoms with Crippen molar-refractivity contribution < 1.29 is 4.74 Å². The second-order valence-corrected chi connectivity index (χ2v) is 5.27.